The fourth-order valence-corrected chi connectivity index (χ4v) is 2.02. The van der Waals surface area contributed by atoms with Gasteiger partial charge in [-0.05, 0) is 45.9 Å². The average molecular weight is 309 g/mol. The fourth-order valence-electron chi connectivity index (χ4n) is 1.82. The normalized spacial score (nSPS) is 11.7. The van der Waals surface area contributed by atoms with Crippen LogP contribution in [0.1, 0.15) is 37.8 Å². The van der Waals surface area contributed by atoms with Gasteiger partial charge in [0.15, 0.2) is 5.76 Å². The van der Waals surface area contributed by atoms with Crippen LogP contribution in [0.2, 0.25) is 5.02 Å². The first-order valence-electron chi connectivity index (χ1n) is 6.92. The van der Waals surface area contributed by atoms with E-state index in [9.17, 15) is 0 Å². The first-order chi connectivity index (χ1) is 9.83. The van der Waals surface area contributed by atoms with Gasteiger partial charge in [-0.15, -0.1) is 0 Å². The maximum Gasteiger partial charge on any atom is 0.174 e. The third-order valence-electron chi connectivity index (χ3n) is 2.88. The number of benzene rings is 1. The van der Waals surface area contributed by atoms with Gasteiger partial charge in [-0.2, -0.15) is 0 Å². The molecule has 114 valence electrons. The van der Waals surface area contributed by atoms with E-state index in [1.54, 1.807) is 0 Å². The predicted molar refractivity (Wildman–Crippen MR) is 83.6 cm³/mol. The Balaban J connectivity index is 2.07. The maximum absolute atomic E-state index is 6.08. The second-order valence-electron chi connectivity index (χ2n) is 6.08. The van der Waals surface area contributed by atoms with Crippen LogP contribution in [-0.2, 0) is 13.2 Å². The summed E-state index contributed by atoms with van der Waals surface area (Å²) in [6, 6.07) is 7.48. The molecule has 0 bridgehead atoms. The molecule has 21 heavy (non-hydrogen) atoms. The van der Waals surface area contributed by atoms with Gasteiger partial charge in [0.05, 0.1) is 5.69 Å². The minimum atomic E-state index is 0.0294. The van der Waals surface area contributed by atoms with Crippen LogP contribution < -0.4 is 10.1 Å². The lowest BCUT2D eigenvalue weighted by molar-refractivity contribution is 0.246. The topological polar surface area (TPSA) is 47.3 Å². The first-order valence-corrected chi connectivity index (χ1v) is 7.30. The highest BCUT2D eigenvalue weighted by Crippen LogP contribution is 2.24. The number of hydrogen-bond acceptors (Lipinski definition) is 4. The number of nitrogens with zero attached hydrogens (tertiary/aromatic N) is 1. The van der Waals surface area contributed by atoms with Crippen molar-refractivity contribution in [3.8, 4) is 5.75 Å². The van der Waals surface area contributed by atoms with Crippen LogP contribution >= 0.6 is 11.6 Å². The summed E-state index contributed by atoms with van der Waals surface area (Å²) >= 11 is 6.08. The van der Waals surface area contributed by atoms with Crippen LogP contribution in [0.15, 0.2) is 28.8 Å². The summed E-state index contributed by atoms with van der Waals surface area (Å²) in [6.07, 6.45) is 0. The van der Waals surface area contributed by atoms with Crippen molar-refractivity contribution in [2.75, 3.05) is 0 Å². The molecule has 0 aliphatic heterocycles. The van der Waals surface area contributed by atoms with Crippen LogP contribution in [0.3, 0.4) is 0 Å². The first kappa shape index (κ1) is 15.9. The smallest absolute Gasteiger partial charge is 0.174 e. The molecule has 2 rings (SSSR count). The molecule has 0 aliphatic rings. The predicted octanol–water partition coefficient (Wildman–Crippen LogP) is 4.10. The molecule has 2 aromatic rings. The van der Waals surface area contributed by atoms with Crippen LogP contribution in [0.25, 0.3) is 0 Å². The summed E-state index contributed by atoms with van der Waals surface area (Å²) in [4.78, 5) is 0. The third kappa shape index (κ3) is 5.06. The van der Waals surface area contributed by atoms with Crippen LogP contribution in [0.5, 0.6) is 5.75 Å². The zero-order valence-corrected chi connectivity index (χ0v) is 13.6. The highest BCUT2D eigenvalue weighted by Gasteiger charge is 2.12. The van der Waals surface area contributed by atoms with Gasteiger partial charge in [-0.3, -0.25) is 0 Å². The molecular weight excluding hydrogens is 288 g/mol. The Hall–Kier alpha value is -1.52. The fraction of sp³-hybridized carbons (Fsp3) is 0.438. The van der Waals surface area contributed by atoms with Gasteiger partial charge in [-0.1, -0.05) is 16.8 Å². The Labute approximate surface area is 130 Å². The summed E-state index contributed by atoms with van der Waals surface area (Å²) in [5, 5.41) is 7.98. The second-order valence-corrected chi connectivity index (χ2v) is 6.52. The van der Waals surface area contributed by atoms with Crippen molar-refractivity contribution in [3.05, 3.63) is 46.3 Å². The zero-order chi connectivity index (χ0) is 15.5. The van der Waals surface area contributed by atoms with E-state index < -0.39 is 0 Å². The van der Waals surface area contributed by atoms with Crippen molar-refractivity contribution in [2.24, 2.45) is 0 Å². The lowest BCUT2D eigenvalue weighted by atomic mass is 10.1. The highest BCUT2D eigenvalue weighted by molar-refractivity contribution is 6.30. The van der Waals surface area contributed by atoms with Crippen molar-refractivity contribution in [3.63, 3.8) is 0 Å². The summed E-state index contributed by atoms with van der Waals surface area (Å²) < 4.78 is 11.0. The van der Waals surface area contributed by atoms with Gasteiger partial charge < -0.3 is 14.6 Å². The molecular formula is C16H21ClN2O2. The maximum atomic E-state index is 6.08. The minimum absolute atomic E-state index is 0.0294. The van der Waals surface area contributed by atoms with Crippen molar-refractivity contribution in [2.45, 2.75) is 46.4 Å². The number of ether oxygens (including phenoxy) is 1. The average Bonchev–Trinajstić information content (AvgIpc) is 2.80. The number of aromatic nitrogens is 1. The molecule has 0 unspecified atom stereocenters. The molecule has 1 heterocycles. The van der Waals surface area contributed by atoms with E-state index in [0.29, 0.717) is 23.9 Å². The van der Waals surface area contributed by atoms with Gasteiger partial charge in [0.2, 0.25) is 0 Å². The van der Waals surface area contributed by atoms with E-state index in [4.69, 9.17) is 20.9 Å². The van der Waals surface area contributed by atoms with Gasteiger partial charge in [0.1, 0.15) is 12.4 Å². The van der Waals surface area contributed by atoms with Crippen LogP contribution in [0, 0.1) is 6.92 Å². The SMILES string of the molecule is Cc1cc(COc2ccc(Cl)cc2CNC(C)(C)C)on1. The van der Waals surface area contributed by atoms with E-state index >= 15 is 0 Å². The number of rotatable bonds is 5. The molecule has 0 spiro atoms. The Morgan fingerprint density at radius 2 is 2.05 bits per heavy atom. The second kappa shape index (κ2) is 6.50. The zero-order valence-electron chi connectivity index (χ0n) is 12.9. The number of hydrogen-bond donors (Lipinski definition) is 1. The molecule has 0 saturated carbocycles. The van der Waals surface area contributed by atoms with Gasteiger partial charge in [0, 0.05) is 28.7 Å². The lowest BCUT2D eigenvalue weighted by Crippen LogP contribution is -2.35. The Morgan fingerprint density at radius 3 is 2.67 bits per heavy atom. The molecule has 0 radical (unpaired) electrons. The summed E-state index contributed by atoms with van der Waals surface area (Å²) in [6.45, 7) is 9.29. The van der Waals surface area contributed by atoms with Crippen LogP contribution in [-0.4, -0.2) is 10.7 Å². The number of halogens is 1. The molecule has 5 heteroatoms. The standard InChI is InChI=1S/C16H21ClN2O2/c1-11-7-14(21-19-11)10-20-15-6-5-13(17)8-12(15)9-18-16(2,3)4/h5-8,18H,9-10H2,1-4H3. The van der Waals surface area contributed by atoms with E-state index in [1.807, 2.05) is 31.2 Å². The van der Waals surface area contributed by atoms with Crippen molar-refractivity contribution in [1.29, 1.82) is 0 Å². The summed E-state index contributed by atoms with van der Waals surface area (Å²) in [5.41, 5.74) is 1.90. The Bertz CT molecular complexity index is 603. The molecule has 0 fully saturated rings. The highest BCUT2D eigenvalue weighted by atomic mass is 35.5. The molecule has 1 aromatic carbocycles. The Kier molecular flexibility index (Phi) is 4.91. The van der Waals surface area contributed by atoms with E-state index in [2.05, 4.69) is 31.2 Å². The van der Waals surface area contributed by atoms with Crippen molar-refractivity contribution in [1.82, 2.24) is 10.5 Å². The van der Waals surface area contributed by atoms with E-state index in [-0.39, 0.29) is 5.54 Å². The number of nitrogens with one attached hydrogen (secondary N) is 1. The minimum Gasteiger partial charge on any atom is -0.485 e. The molecule has 1 N–H and O–H groups in total. The monoisotopic (exact) mass is 308 g/mol. The number of aryl methyl sites for hydroxylation is 1. The molecule has 1 aromatic heterocycles. The molecule has 0 aliphatic carbocycles. The Morgan fingerprint density at radius 1 is 1.29 bits per heavy atom. The third-order valence-corrected chi connectivity index (χ3v) is 3.11. The van der Waals surface area contributed by atoms with Gasteiger partial charge in [0.25, 0.3) is 0 Å². The lowest BCUT2D eigenvalue weighted by Gasteiger charge is -2.21. The van der Waals surface area contributed by atoms with E-state index in [1.165, 1.54) is 0 Å². The van der Waals surface area contributed by atoms with Crippen molar-refractivity contribution >= 4 is 11.6 Å². The summed E-state index contributed by atoms with van der Waals surface area (Å²) in [5.74, 6) is 1.50. The molecule has 0 amide bonds. The van der Waals surface area contributed by atoms with Gasteiger partial charge in [-0.25, -0.2) is 0 Å². The quantitative estimate of drug-likeness (QED) is 0.903. The molecule has 0 saturated heterocycles. The van der Waals surface area contributed by atoms with E-state index in [0.717, 1.165) is 17.0 Å². The largest absolute Gasteiger partial charge is 0.485 e. The molecule has 4 nitrogen and oxygen atoms in total. The van der Waals surface area contributed by atoms with Gasteiger partial charge >= 0.3 is 0 Å². The van der Waals surface area contributed by atoms with Crippen molar-refractivity contribution < 1.29 is 9.26 Å². The molecule has 0 atom stereocenters. The van der Waals surface area contributed by atoms with Crippen LogP contribution in [0.4, 0.5) is 0 Å². The summed E-state index contributed by atoms with van der Waals surface area (Å²) in [7, 11) is 0.